The molecule has 0 amide bonds. The monoisotopic (exact) mass is 231 g/mol. The van der Waals surface area contributed by atoms with Crippen molar-refractivity contribution in [2.75, 3.05) is 31.1 Å². The summed E-state index contributed by atoms with van der Waals surface area (Å²) in [7, 11) is 0. The van der Waals surface area contributed by atoms with Gasteiger partial charge in [0, 0.05) is 31.9 Å². The van der Waals surface area contributed by atoms with Crippen LogP contribution in [0.4, 0.5) is 18.9 Å². The molecular formula is C11H13F3N2. The van der Waals surface area contributed by atoms with Crippen LogP contribution in [0.5, 0.6) is 0 Å². The van der Waals surface area contributed by atoms with E-state index in [0.29, 0.717) is 5.69 Å². The lowest BCUT2D eigenvalue weighted by atomic mass is 10.2. The van der Waals surface area contributed by atoms with Crippen molar-refractivity contribution >= 4 is 5.69 Å². The van der Waals surface area contributed by atoms with Gasteiger partial charge in [0.15, 0.2) is 0 Å². The minimum absolute atomic E-state index is 0.0678. The fraction of sp³-hybridized carbons (Fsp3) is 0.455. The smallest absolute Gasteiger partial charge is 0.369 e. The third kappa shape index (κ3) is 2.47. The third-order valence-electron chi connectivity index (χ3n) is 2.58. The van der Waals surface area contributed by atoms with Gasteiger partial charge in [-0.2, -0.15) is 13.2 Å². The number of hydrogen-bond donors (Lipinski definition) is 1. The second-order valence-corrected chi connectivity index (χ2v) is 3.70. The van der Waals surface area contributed by atoms with Gasteiger partial charge in [-0.1, -0.05) is 0 Å². The maximum Gasteiger partial charge on any atom is 0.416 e. The van der Waals surface area contributed by atoms with Crippen molar-refractivity contribution in [3.8, 4) is 0 Å². The van der Waals surface area contributed by atoms with Gasteiger partial charge in [0.05, 0.1) is 6.93 Å². The number of hydrogen-bond acceptors (Lipinski definition) is 2. The Bertz CT molecular complexity index is 400. The lowest BCUT2D eigenvalue weighted by Crippen LogP contribution is -2.43. The number of alkyl halides is 3. The molecule has 88 valence electrons. The van der Waals surface area contributed by atoms with Crippen molar-refractivity contribution in [1.82, 2.24) is 5.32 Å². The van der Waals surface area contributed by atoms with E-state index in [1.807, 2.05) is 4.90 Å². The Morgan fingerprint density at radius 3 is 2.44 bits per heavy atom. The van der Waals surface area contributed by atoms with Crippen molar-refractivity contribution in [1.29, 1.82) is 0 Å². The molecule has 1 aliphatic heterocycles. The number of piperazine rings is 1. The summed E-state index contributed by atoms with van der Waals surface area (Å²) in [5.41, 5.74) is -0.194. The molecule has 0 aliphatic carbocycles. The molecule has 0 bridgehead atoms. The van der Waals surface area contributed by atoms with Gasteiger partial charge >= 0.3 is 6.18 Å². The molecule has 0 aromatic heterocycles. The highest BCUT2D eigenvalue weighted by molar-refractivity contribution is 5.48. The average molecular weight is 231 g/mol. The first-order valence-corrected chi connectivity index (χ1v) is 5.12. The molecule has 0 saturated carbocycles. The van der Waals surface area contributed by atoms with Gasteiger partial charge in [-0.3, -0.25) is 0 Å². The Labute approximate surface area is 93.5 Å². The fourth-order valence-electron chi connectivity index (χ4n) is 1.70. The standard InChI is InChI=1S/C11H13F3N2/c12-11(13,14)9-1-3-10(4-2-9)16-7-5-15-6-8-16/h1-4,15H,5-8H2/i3D. The molecule has 0 radical (unpaired) electrons. The summed E-state index contributed by atoms with van der Waals surface area (Å²) in [4.78, 5) is 1.93. The molecule has 2 nitrogen and oxygen atoms in total. The van der Waals surface area contributed by atoms with Crippen LogP contribution >= 0.6 is 0 Å². The van der Waals surface area contributed by atoms with E-state index in [1.54, 1.807) is 0 Å². The van der Waals surface area contributed by atoms with E-state index in [1.165, 1.54) is 6.07 Å². The van der Waals surface area contributed by atoms with E-state index in [2.05, 4.69) is 5.32 Å². The minimum atomic E-state index is -4.38. The highest BCUT2D eigenvalue weighted by atomic mass is 19.4. The van der Waals surface area contributed by atoms with E-state index < -0.39 is 11.7 Å². The summed E-state index contributed by atoms with van der Waals surface area (Å²) in [6.07, 6.45) is -4.38. The Hall–Kier alpha value is -1.23. The fourth-order valence-corrected chi connectivity index (χ4v) is 1.70. The van der Waals surface area contributed by atoms with Gasteiger partial charge in [0.2, 0.25) is 0 Å². The molecule has 0 spiro atoms. The van der Waals surface area contributed by atoms with Crippen LogP contribution in [0.2, 0.25) is 0 Å². The van der Waals surface area contributed by atoms with Crippen LogP contribution in [-0.2, 0) is 6.18 Å². The Morgan fingerprint density at radius 2 is 1.88 bits per heavy atom. The van der Waals surface area contributed by atoms with E-state index >= 15 is 0 Å². The van der Waals surface area contributed by atoms with Crippen molar-refractivity contribution in [2.45, 2.75) is 6.18 Å². The molecule has 1 aromatic carbocycles. The van der Waals surface area contributed by atoms with Gasteiger partial charge in [0.25, 0.3) is 0 Å². The summed E-state index contributed by atoms with van der Waals surface area (Å²) < 4.78 is 45.0. The normalized spacial score (nSPS) is 18.4. The first-order valence-electron chi connectivity index (χ1n) is 5.62. The lowest BCUT2D eigenvalue weighted by molar-refractivity contribution is -0.137. The summed E-state index contributed by atoms with van der Waals surface area (Å²) in [6.45, 7) is 3.02. The molecule has 5 heteroatoms. The Kier molecular flexibility index (Phi) is 2.70. The van der Waals surface area contributed by atoms with Crippen LogP contribution < -0.4 is 10.2 Å². The van der Waals surface area contributed by atoms with Crippen LogP contribution in [0.15, 0.2) is 24.2 Å². The third-order valence-corrected chi connectivity index (χ3v) is 2.58. The second-order valence-electron chi connectivity index (χ2n) is 3.70. The number of nitrogens with one attached hydrogen (secondary N) is 1. The summed E-state index contributed by atoms with van der Waals surface area (Å²) in [5.74, 6) is 0. The molecule has 0 atom stereocenters. The first kappa shape index (κ1) is 9.96. The predicted molar refractivity (Wildman–Crippen MR) is 56.5 cm³/mol. The van der Waals surface area contributed by atoms with Crippen LogP contribution in [-0.4, -0.2) is 26.2 Å². The molecule has 1 N–H and O–H groups in total. The molecule has 0 unspecified atom stereocenters. The molecule has 1 aromatic rings. The molecule has 1 aliphatic rings. The summed E-state index contributed by atoms with van der Waals surface area (Å²) in [5, 5.41) is 3.16. The lowest BCUT2D eigenvalue weighted by Gasteiger charge is -2.29. The molecule has 1 heterocycles. The van der Waals surface area contributed by atoms with E-state index in [4.69, 9.17) is 1.37 Å². The topological polar surface area (TPSA) is 15.3 Å². The molecule has 2 rings (SSSR count). The zero-order valence-corrected chi connectivity index (χ0v) is 8.64. The maximum atomic E-state index is 12.4. The minimum Gasteiger partial charge on any atom is -0.369 e. The highest BCUT2D eigenvalue weighted by Crippen LogP contribution is 2.30. The highest BCUT2D eigenvalue weighted by Gasteiger charge is 2.30. The van der Waals surface area contributed by atoms with Crippen molar-refractivity contribution in [3.63, 3.8) is 0 Å². The maximum absolute atomic E-state index is 12.4. The molecular weight excluding hydrogens is 217 g/mol. The number of benzene rings is 1. The van der Waals surface area contributed by atoms with Crippen LogP contribution in [0.3, 0.4) is 0 Å². The number of halogens is 3. The van der Waals surface area contributed by atoms with Gasteiger partial charge < -0.3 is 10.2 Å². The quantitative estimate of drug-likeness (QED) is 0.796. The zero-order chi connectivity index (χ0) is 12.5. The number of rotatable bonds is 1. The Morgan fingerprint density at radius 1 is 1.19 bits per heavy atom. The van der Waals surface area contributed by atoms with Gasteiger partial charge in [-0.25, -0.2) is 0 Å². The SMILES string of the molecule is [2H]c1cc(C(F)(F)F)ccc1N1CCNCC1. The van der Waals surface area contributed by atoms with Crippen LogP contribution in [0.25, 0.3) is 0 Å². The predicted octanol–water partition coefficient (Wildman–Crippen LogP) is 2.11. The van der Waals surface area contributed by atoms with E-state index in [9.17, 15) is 13.2 Å². The van der Waals surface area contributed by atoms with Crippen molar-refractivity contribution in [2.24, 2.45) is 0 Å². The van der Waals surface area contributed by atoms with Gasteiger partial charge in [0.1, 0.15) is 0 Å². The van der Waals surface area contributed by atoms with Crippen LogP contribution in [0.1, 0.15) is 6.93 Å². The van der Waals surface area contributed by atoms with E-state index in [0.717, 1.165) is 38.3 Å². The molecule has 16 heavy (non-hydrogen) atoms. The average Bonchev–Trinajstić information content (AvgIpc) is 2.29. The number of nitrogens with zero attached hydrogens (tertiary/aromatic N) is 1. The molecule has 1 fully saturated rings. The van der Waals surface area contributed by atoms with E-state index in [-0.39, 0.29) is 6.04 Å². The Balaban J connectivity index is 2.25. The second kappa shape index (κ2) is 4.33. The molecule has 1 saturated heterocycles. The van der Waals surface area contributed by atoms with Gasteiger partial charge in [-0.15, -0.1) is 0 Å². The van der Waals surface area contributed by atoms with Crippen LogP contribution in [0, 0.1) is 0 Å². The van der Waals surface area contributed by atoms with Gasteiger partial charge in [-0.05, 0) is 24.2 Å². The largest absolute Gasteiger partial charge is 0.416 e. The van der Waals surface area contributed by atoms with Crippen molar-refractivity contribution < 1.29 is 14.5 Å². The summed E-state index contributed by atoms with van der Waals surface area (Å²) >= 11 is 0. The zero-order valence-electron chi connectivity index (χ0n) is 9.64. The first-order chi connectivity index (χ1) is 7.98. The number of anilines is 1. The van der Waals surface area contributed by atoms with Crippen molar-refractivity contribution in [3.05, 3.63) is 29.8 Å². The summed E-state index contributed by atoms with van der Waals surface area (Å²) in [6, 6.07) is 3.24.